The molecule has 0 amide bonds. The molecule has 0 aliphatic heterocycles. The summed E-state index contributed by atoms with van der Waals surface area (Å²) in [5.41, 5.74) is 1.97. The van der Waals surface area contributed by atoms with Crippen LogP contribution < -0.4 is 5.56 Å². The number of nitrogens with zero attached hydrogens (tertiary/aromatic N) is 4. The van der Waals surface area contributed by atoms with Gasteiger partial charge in [0.1, 0.15) is 4.70 Å². The van der Waals surface area contributed by atoms with Crippen molar-refractivity contribution >= 4 is 33.3 Å². The van der Waals surface area contributed by atoms with Crippen molar-refractivity contribution in [2.75, 3.05) is 0 Å². The first-order valence-corrected chi connectivity index (χ1v) is 8.14. The van der Waals surface area contributed by atoms with Crippen LogP contribution in [-0.4, -0.2) is 19.3 Å². The van der Waals surface area contributed by atoms with Crippen molar-refractivity contribution in [2.24, 2.45) is 7.05 Å². The summed E-state index contributed by atoms with van der Waals surface area (Å²) in [6.07, 6.45) is 3.81. The molecule has 0 unspecified atom stereocenters. The first kappa shape index (κ1) is 13.4. The van der Waals surface area contributed by atoms with E-state index >= 15 is 0 Å². The van der Waals surface area contributed by atoms with Gasteiger partial charge >= 0.3 is 0 Å². The molecule has 104 valence electrons. The van der Waals surface area contributed by atoms with Gasteiger partial charge in [-0.05, 0) is 18.4 Å². The second kappa shape index (κ2) is 5.41. The first-order valence-electron chi connectivity index (χ1n) is 6.27. The number of aromatic nitrogens is 4. The van der Waals surface area contributed by atoms with Crippen molar-refractivity contribution in [3.05, 3.63) is 39.8 Å². The van der Waals surface area contributed by atoms with Crippen molar-refractivity contribution in [3.63, 3.8) is 0 Å². The SMILES string of the molecule is CCn1c(SCc2cnn(C)c2)nc2ccsc2c1=O. The van der Waals surface area contributed by atoms with Crippen LogP contribution in [0.5, 0.6) is 0 Å². The molecular formula is C13H14N4OS2. The normalized spacial score (nSPS) is 11.3. The van der Waals surface area contributed by atoms with Gasteiger partial charge in [0.2, 0.25) is 0 Å². The van der Waals surface area contributed by atoms with Gasteiger partial charge in [-0.1, -0.05) is 11.8 Å². The molecule has 0 N–H and O–H groups in total. The van der Waals surface area contributed by atoms with Gasteiger partial charge in [-0.2, -0.15) is 5.10 Å². The molecule has 3 rings (SSSR count). The maximum Gasteiger partial charge on any atom is 0.272 e. The highest BCUT2D eigenvalue weighted by Crippen LogP contribution is 2.23. The monoisotopic (exact) mass is 306 g/mol. The van der Waals surface area contributed by atoms with E-state index in [0.29, 0.717) is 6.54 Å². The molecule has 20 heavy (non-hydrogen) atoms. The van der Waals surface area contributed by atoms with E-state index in [4.69, 9.17) is 0 Å². The Hall–Kier alpha value is -1.60. The Labute approximate surface area is 124 Å². The number of fused-ring (bicyclic) bond motifs is 1. The van der Waals surface area contributed by atoms with Crippen molar-refractivity contribution in [2.45, 2.75) is 24.4 Å². The lowest BCUT2D eigenvalue weighted by atomic mass is 10.4. The Kier molecular flexibility index (Phi) is 3.62. The Morgan fingerprint density at radius 1 is 1.45 bits per heavy atom. The van der Waals surface area contributed by atoms with E-state index in [1.165, 1.54) is 11.3 Å². The van der Waals surface area contributed by atoms with Gasteiger partial charge < -0.3 is 0 Å². The lowest BCUT2D eigenvalue weighted by Crippen LogP contribution is -2.21. The molecule has 7 heteroatoms. The summed E-state index contributed by atoms with van der Waals surface area (Å²) in [5, 5.41) is 6.83. The standard InChI is InChI=1S/C13H14N4OS2/c1-3-17-12(18)11-10(4-5-19-11)15-13(17)20-8-9-6-14-16(2)7-9/h4-7H,3,8H2,1-2H3. The fourth-order valence-electron chi connectivity index (χ4n) is 2.01. The van der Waals surface area contributed by atoms with Gasteiger partial charge in [0, 0.05) is 31.1 Å². The molecule has 0 saturated carbocycles. The molecule has 3 aromatic rings. The molecule has 0 spiro atoms. The highest BCUT2D eigenvalue weighted by molar-refractivity contribution is 7.98. The smallest absolute Gasteiger partial charge is 0.272 e. The van der Waals surface area contributed by atoms with E-state index in [1.807, 2.05) is 37.8 Å². The quantitative estimate of drug-likeness (QED) is 0.549. The fourth-order valence-corrected chi connectivity index (χ4v) is 3.76. The number of thiophene rings is 1. The van der Waals surface area contributed by atoms with Crippen LogP contribution in [0.25, 0.3) is 10.2 Å². The molecule has 0 aromatic carbocycles. The van der Waals surface area contributed by atoms with Crippen LogP contribution in [0.3, 0.4) is 0 Å². The summed E-state index contributed by atoms with van der Waals surface area (Å²) in [6, 6.07) is 1.90. The van der Waals surface area contributed by atoms with Crippen molar-refractivity contribution in [1.29, 1.82) is 0 Å². The summed E-state index contributed by atoms with van der Waals surface area (Å²) < 4.78 is 4.25. The van der Waals surface area contributed by atoms with E-state index in [0.717, 1.165) is 26.7 Å². The maximum absolute atomic E-state index is 12.4. The van der Waals surface area contributed by atoms with Gasteiger partial charge in [0.15, 0.2) is 5.16 Å². The average Bonchev–Trinajstić information content (AvgIpc) is 3.05. The lowest BCUT2D eigenvalue weighted by Gasteiger charge is -2.08. The molecule has 3 aromatic heterocycles. The molecule has 0 radical (unpaired) electrons. The minimum absolute atomic E-state index is 0.0567. The highest BCUT2D eigenvalue weighted by atomic mass is 32.2. The minimum atomic E-state index is 0.0567. The predicted octanol–water partition coefficient (Wildman–Crippen LogP) is 2.50. The zero-order valence-corrected chi connectivity index (χ0v) is 12.9. The molecule has 5 nitrogen and oxygen atoms in total. The third kappa shape index (κ3) is 2.38. The predicted molar refractivity (Wildman–Crippen MR) is 82.3 cm³/mol. The Morgan fingerprint density at radius 3 is 3.00 bits per heavy atom. The van der Waals surface area contributed by atoms with Crippen LogP contribution in [-0.2, 0) is 19.3 Å². The van der Waals surface area contributed by atoms with Crippen LogP contribution in [0.15, 0.2) is 33.8 Å². The largest absolute Gasteiger partial charge is 0.287 e. The second-order valence-corrected chi connectivity index (χ2v) is 6.25. The maximum atomic E-state index is 12.4. The van der Waals surface area contributed by atoms with E-state index < -0.39 is 0 Å². The van der Waals surface area contributed by atoms with E-state index in [-0.39, 0.29) is 5.56 Å². The molecule has 0 aliphatic rings. The summed E-state index contributed by atoms with van der Waals surface area (Å²) in [4.78, 5) is 17.0. The summed E-state index contributed by atoms with van der Waals surface area (Å²) >= 11 is 3.03. The molecule has 0 aliphatic carbocycles. The van der Waals surface area contributed by atoms with Crippen molar-refractivity contribution in [1.82, 2.24) is 19.3 Å². The highest BCUT2D eigenvalue weighted by Gasteiger charge is 2.11. The lowest BCUT2D eigenvalue weighted by molar-refractivity contribution is 0.635. The van der Waals surface area contributed by atoms with Crippen LogP contribution >= 0.6 is 23.1 Å². The first-order chi connectivity index (χ1) is 9.69. The van der Waals surface area contributed by atoms with E-state index in [2.05, 4.69) is 10.1 Å². The fraction of sp³-hybridized carbons (Fsp3) is 0.308. The van der Waals surface area contributed by atoms with Crippen molar-refractivity contribution in [3.8, 4) is 0 Å². The van der Waals surface area contributed by atoms with E-state index in [1.54, 1.807) is 21.0 Å². The van der Waals surface area contributed by atoms with E-state index in [9.17, 15) is 4.79 Å². The Morgan fingerprint density at radius 2 is 2.30 bits per heavy atom. The van der Waals surface area contributed by atoms with Gasteiger partial charge in [-0.25, -0.2) is 4.98 Å². The Bertz CT molecular complexity index is 802. The topological polar surface area (TPSA) is 52.7 Å². The summed E-state index contributed by atoms with van der Waals surface area (Å²) in [5.74, 6) is 0.760. The zero-order valence-electron chi connectivity index (χ0n) is 11.2. The molecule has 0 atom stereocenters. The summed E-state index contributed by atoms with van der Waals surface area (Å²) in [6.45, 7) is 2.60. The van der Waals surface area contributed by atoms with Gasteiger partial charge in [-0.3, -0.25) is 14.0 Å². The van der Waals surface area contributed by atoms with Crippen LogP contribution in [0.1, 0.15) is 12.5 Å². The van der Waals surface area contributed by atoms with Gasteiger partial charge in [0.25, 0.3) is 5.56 Å². The molecular weight excluding hydrogens is 292 g/mol. The third-order valence-electron chi connectivity index (χ3n) is 2.97. The number of hydrogen-bond donors (Lipinski definition) is 0. The van der Waals surface area contributed by atoms with Gasteiger partial charge in [0.05, 0.1) is 11.7 Å². The number of aryl methyl sites for hydroxylation is 1. The van der Waals surface area contributed by atoms with Crippen LogP contribution in [0.2, 0.25) is 0 Å². The number of rotatable bonds is 4. The minimum Gasteiger partial charge on any atom is -0.287 e. The van der Waals surface area contributed by atoms with Crippen LogP contribution in [0, 0.1) is 0 Å². The molecule has 0 fully saturated rings. The molecule has 3 heterocycles. The van der Waals surface area contributed by atoms with Crippen molar-refractivity contribution < 1.29 is 0 Å². The molecule has 0 saturated heterocycles. The Balaban J connectivity index is 1.95. The van der Waals surface area contributed by atoms with Crippen LogP contribution in [0.4, 0.5) is 0 Å². The third-order valence-corrected chi connectivity index (χ3v) is 4.91. The molecule has 0 bridgehead atoms. The zero-order chi connectivity index (χ0) is 14.1. The number of hydrogen-bond acceptors (Lipinski definition) is 5. The van der Waals surface area contributed by atoms with Gasteiger partial charge in [-0.15, -0.1) is 11.3 Å². The average molecular weight is 306 g/mol. The number of thioether (sulfide) groups is 1. The summed E-state index contributed by atoms with van der Waals surface area (Å²) in [7, 11) is 1.89. The second-order valence-electron chi connectivity index (χ2n) is 4.39.